The van der Waals surface area contributed by atoms with Crippen LogP contribution >= 0.6 is 35.3 Å². The monoisotopic (exact) mass is 493 g/mol. The van der Waals surface area contributed by atoms with Gasteiger partial charge in [0, 0.05) is 44.0 Å². The molecule has 0 saturated carbocycles. The standard InChI is InChI=1S/C19H35N5S.HI/c1-6-20-19(21-11-9-18-15(4)22-16(5)25-18)24-12-10-17(14-24)13-23(7-2)8-3;/h17H,6-14H2,1-5H3,(H,20,21);1H. The van der Waals surface area contributed by atoms with Gasteiger partial charge in [-0.1, -0.05) is 13.8 Å². The maximum atomic E-state index is 4.89. The zero-order valence-corrected chi connectivity index (χ0v) is 20.2. The highest BCUT2D eigenvalue weighted by Gasteiger charge is 2.25. The van der Waals surface area contributed by atoms with Crippen LogP contribution in [0.3, 0.4) is 0 Å². The third kappa shape index (κ3) is 6.96. The number of hydrogen-bond acceptors (Lipinski definition) is 4. The topological polar surface area (TPSA) is 43.8 Å². The van der Waals surface area contributed by atoms with Gasteiger partial charge in [0.25, 0.3) is 0 Å². The molecular weight excluding hydrogens is 457 g/mol. The van der Waals surface area contributed by atoms with Crippen LogP contribution in [0.15, 0.2) is 4.99 Å². The van der Waals surface area contributed by atoms with Crippen molar-refractivity contribution in [3.63, 3.8) is 0 Å². The van der Waals surface area contributed by atoms with E-state index in [1.807, 2.05) is 0 Å². The molecule has 0 radical (unpaired) electrons. The molecule has 0 amide bonds. The Bertz CT molecular complexity index is 556. The average Bonchev–Trinajstić information content (AvgIpc) is 3.18. The number of aliphatic imine (C=N–C) groups is 1. The van der Waals surface area contributed by atoms with Gasteiger partial charge in [0.15, 0.2) is 5.96 Å². The molecule has 1 unspecified atom stereocenters. The smallest absolute Gasteiger partial charge is 0.193 e. The van der Waals surface area contributed by atoms with E-state index in [1.165, 1.54) is 23.5 Å². The van der Waals surface area contributed by atoms with Crippen LogP contribution in [0.2, 0.25) is 0 Å². The van der Waals surface area contributed by atoms with Crippen LogP contribution in [0, 0.1) is 19.8 Å². The summed E-state index contributed by atoms with van der Waals surface area (Å²) in [6.45, 7) is 18.4. The van der Waals surface area contributed by atoms with Crippen LogP contribution in [0.5, 0.6) is 0 Å². The number of hydrogen-bond donors (Lipinski definition) is 1. The van der Waals surface area contributed by atoms with E-state index >= 15 is 0 Å². The number of guanidine groups is 1. The average molecular weight is 494 g/mol. The normalized spacial score (nSPS) is 17.7. The number of likely N-dealkylation sites (tertiary alicyclic amines) is 1. The van der Waals surface area contributed by atoms with E-state index in [1.54, 1.807) is 11.3 Å². The Kier molecular flexibility index (Phi) is 11.0. The number of aryl methyl sites for hydroxylation is 2. The maximum Gasteiger partial charge on any atom is 0.193 e. The molecule has 1 saturated heterocycles. The molecule has 2 rings (SSSR count). The fraction of sp³-hybridized carbons (Fsp3) is 0.789. The Morgan fingerprint density at radius 1 is 1.31 bits per heavy atom. The van der Waals surface area contributed by atoms with Crippen LogP contribution in [0.25, 0.3) is 0 Å². The van der Waals surface area contributed by atoms with Crippen molar-refractivity contribution >= 4 is 41.3 Å². The molecule has 5 nitrogen and oxygen atoms in total. The molecule has 1 aromatic heterocycles. The Morgan fingerprint density at radius 3 is 2.62 bits per heavy atom. The largest absolute Gasteiger partial charge is 0.357 e. The van der Waals surface area contributed by atoms with Crippen LogP contribution in [-0.2, 0) is 6.42 Å². The minimum absolute atomic E-state index is 0. The fourth-order valence-electron chi connectivity index (χ4n) is 3.52. The second-order valence-electron chi connectivity index (χ2n) is 6.81. The summed E-state index contributed by atoms with van der Waals surface area (Å²) in [6.07, 6.45) is 2.26. The highest BCUT2D eigenvalue weighted by atomic mass is 127. The van der Waals surface area contributed by atoms with E-state index in [4.69, 9.17) is 4.99 Å². The lowest BCUT2D eigenvalue weighted by molar-refractivity contribution is 0.255. The van der Waals surface area contributed by atoms with E-state index in [9.17, 15) is 0 Å². The SMILES string of the molecule is CCNC(=NCCc1sc(C)nc1C)N1CCC(CN(CC)CC)C1.I. The summed E-state index contributed by atoms with van der Waals surface area (Å²) >= 11 is 1.80. The number of aromatic nitrogens is 1. The molecule has 150 valence electrons. The van der Waals surface area contributed by atoms with Crippen molar-refractivity contribution in [2.24, 2.45) is 10.9 Å². The van der Waals surface area contributed by atoms with Crippen molar-refractivity contribution in [3.8, 4) is 0 Å². The van der Waals surface area contributed by atoms with Gasteiger partial charge in [-0.25, -0.2) is 4.98 Å². The summed E-state index contributed by atoms with van der Waals surface area (Å²) in [5.74, 6) is 1.85. The van der Waals surface area contributed by atoms with Gasteiger partial charge < -0.3 is 15.1 Å². The molecule has 0 aromatic carbocycles. The number of nitrogens with zero attached hydrogens (tertiary/aromatic N) is 4. The zero-order valence-electron chi connectivity index (χ0n) is 17.0. The summed E-state index contributed by atoms with van der Waals surface area (Å²) in [5.41, 5.74) is 1.17. The molecule has 0 bridgehead atoms. The van der Waals surface area contributed by atoms with Gasteiger partial charge in [-0.3, -0.25) is 4.99 Å². The second kappa shape index (κ2) is 12.1. The molecule has 1 atom stereocenters. The molecule has 1 aliphatic rings. The first kappa shape index (κ1) is 23.6. The predicted molar refractivity (Wildman–Crippen MR) is 124 cm³/mol. The van der Waals surface area contributed by atoms with Crippen LogP contribution < -0.4 is 5.32 Å². The van der Waals surface area contributed by atoms with Crippen LogP contribution in [0.4, 0.5) is 0 Å². The number of halogens is 1. The minimum atomic E-state index is 0. The molecule has 1 aromatic rings. The summed E-state index contributed by atoms with van der Waals surface area (Å²) < 4.78 is 0. The lowest BCUT2D eigenvalue weighted by Crippen LogP contribution is -2.41. The first-order chi connectivity index (χ1) is 12.1. The third-order valence-corrected chi connectivity index (χ3v) is 6.06. The van der Waals surface area contributed by atoms with Gasteiger partial charge in [0.05, 0.1) is 10.7 Å². The quantitative estimate of drug-likeness (QED) is 0.342. The number of nitrogens with one attached hydrogen (secondary N) is 1. The Labute approximate surface area is 180 Å². The van der Waals surface area contributed by atoms with Crippen molar-refractivity contribution < 1.29 is 0 Å². The fourth-order valence-corrected chi connectivity index (χ4v) is 4.44. The Balaban J connectivity index is 0.00000338. The van der Waals surface area contributed by atoms with Gasteiger partial charge in [0.1, 0.15) is 0 Å². The van der Waals surface area contributed by atoms with E-state index in [2.05, 4.69) is 54.7 Å². The first-order valence-electron chi connectivity index (χ1n) is 9.75. The van der Waals surface area contributed by atoms with E-state index < -0.39 is 0 Å². The second-order valence-corrected chi connectivity index (χ2v) is 8.10. The summed E-state index contributed by atoms with van der Waals surface area (Å²) in [7, 11) is 0. The van der Waals surface area contributed by atoms with E-state index in [-0.39, 0.29) is 24.0 Å². The van der Waals surface area contributed by atoms with Crippen molar-refractivity contribution in [2.45, 2.75) is 47.5 Å². The Morgan fingerprint density at radius 2 is 2.04 bits per heavy atom. The highest BCUT2D eigenvalue weighted by molar-refractivity contribution is 14.0. The molecule has 7 heteroatoms. The summed E-state index contributed by atoms with van der Waals surface area (Å²) in [4.78, 5) is 15.8. The zero-order chi connectivity index (χ0) is 18.2. The van der Waals surface area contributed by atoms with Crippen LogP contribution in [-0.4, -0.2) is 66.6 Å². The van der Waals surface area contributed by atoms with Gasteiger partial charge in [0.2, 0.25) is 0 Å². The van der Waals surface area contributed by atoms with Crippen molar-refractivity contribution in [2.75, 3.05) is 45.8 Å². The van der Waals surface area contributed by atoms with Crippen molar-refractivity contribution in [1.82, 2.24) is 20.1 Å². The predicted octanol–water partition coefficient (Wildman–Crippen LogP) is 3.55. The Hall–Kier alpha value is -0.410. The number of thiazole rings is 1. The molecule has 0 aliphatic carbocycles. The summed E-state index contributed by atoms with van der Waals surface area (Å²) in [6, 6.07) is 0. The molecule has 0 spiro atoms. The third-order valence-electron chi connectivity index (χ3n) is 4.93. The highest BCUT2D eigenvalue weighted by Crippen LogP contribution is 2.19. The van der Waals surface area contributed by atoms with Crippen molar-refractivity contribution in [1.29, 1.82) is 0 Å². The van der Waals surface area contributed by atoms with E-state index in [0.29, 0.717) is 0 Å². The van der Waals surface area contributed by atoms with Gasteiger partial charge >= 0.3 is 0 Å². The molecule has 1 fully saturated rings. The molecule has 26 heavy (non-hydrogen) atoms. The van der Waals surface area contributed by atoms with Gasteiger partial charge in [-0.05, 0) is 46.2 Å². The van der Waals surface area contributed by atoms with Crippen LogP contribution in [0.1, 0.15) is 42.8 Å². The summed E-state index contributed by atoms with van der Waals surface area (Å²) in [5, 5.41) is 4.64. The molecule has 2 heterocycles. The number of rotatable bonds is 8. The lowest BCUT2D eigenvalue weighted by Gasteiger charge is -2.24. The molecule has 1 aliphatic heterocycles. The first-order valence-corrected chi connectivity index (χ1v) is 10.6. The lowest BCUT2D eigenvalue weighted by atomic mass is 10.1. The van der Waals surface area contributed by atoms with Gasteiger partial charge in [-0.2, -0.15) is 0 Å². The van der Waals surface area contributed by atoms with E-state index in [0.717, 1.165) is 62.6 Å². The molecular formula is C19H36IN5S. The van der Waals surface area contributed by atoms with Gasteiger partial charge in [-0.15, -0.1) is 35.3 Å². The minimum Gasteiger partial charge on any atom is -0.357 e. The maximum absolute atomic E-state index is 4.89. The van der Waals surface area contributed by atoms with Crippen molar-refractivity contribution in [3.05, 3.63) is 15.6 Å². The molecule has 1 N–H and O–H groups in total.